The average Bonchev–Trinajstić information content (AvgIpc) is 2.92. The SMILES string of the molecule is O=C(CCCCCCCCCCCCCCCO)NC(CO)C/C=C/CCCCCCCCCCCCS. The molecular weight excluding hydrogens is 490 g/mol. The fourth-order valence-corrected chi connectivity index (χ4v) is 5.21. The lowest BCUT2D eigenvalue weighted by molar-refractivity contribution is -0.122. The van der Waals surface area contributed by atoms with Crippen LogP contribution in [0, 0.1) is 0 Å². The van der Waals surface area contributed by atoms with Gasteiger partial charge in [-0.05, 0) is 44.3 Å². The molecule has 5 heteroatoms. The van der Waals surface area contributed by atoms with Crippen molar-refractivity contribution < 1.29 is 15.0 Å². The molecule has 0 aromatic carbocycles. The minimum atomic E-state index is -0.152. The highest BCUT2D eigenvalue weighted by atomic mass is 32.1. The molecule has 0 bridgehead atoms. The van der Waals surface area contributed by atoms with Gasteiger partial charge in [-0.2, -0.15) is 12.6 Å². The van der Waals surface area contributed by atoms with Crippen molar-refractivity contribution in [3.63, 3.8) is 0 Å². The zero-order valence-corrected chi connectivity index (χ0v) is 25.9. The molecule has 0 aliphatic heterocycles. The Labute approximate surface area is 242 Å². The standard InChI is InChI=1S/C33H65NO3S/c35-29-25-21-17-13-9-5-1-4-8-12-16-20-24-28-33(37)34-32(31-36)27-23-19-15-11-7-3-2-6-10-14-18-22-26-30-38/h19,23,32,35-36,38H,1-18,20-22,24-31H2,(H,34,37)/b23-19+. The minimum Gasteiger partial charge on any atom is -0.396 e. The van der Waals surface area contributed by atoms with Gasteiger partial charge in [0, 0.05) is 13.0 Å². The van der Waals surface area contributed by atoms with E-state index in [1.165, 1.54) is 128 Å². The van der Waals surface area contributed by atoms with Gasteiger partial charge in [0.25, 0.3) is 0 Å². The van der Waals surface area contributed by atoms with Crippen LogP contribution in [0.15, 0.2) is 12.2 Å². The van der Waals surface area contributed by atoms with Gasteiger partial charge in [0.2, 0.25) is 5.91 Å². The number of nitrogens with one attached hydrogen (secondary N) is 1. The number of allylic oxidation sites excluding steroid dienone is 1. The maximum atomic E-state index is 12.2. The molecule has 4 nitrogen and oxygen atoms in total. The van der Waals surface area contributed by atoms with Gasteiger partial charge in [0.1, 0.15) is 0 Å². The van der Waals surface area contributed by atoms with E-state index >= 15 is 0 Å². The summed E-state index contributed by atoms with van der Waals surface area (Å²) in [4.78, 5) is 12.2. The van der Waals surface area contributed by atoms with Crippen LogP contribution in [0.2, 0.25) is 0 Å². The summed E-state index contributed by atoms with van der Waals surface area (Å²) in [6.45, 7) is 0.345. The average molecular weight is 556 g/mol. The summed E-state index contributed by atoms with van der Waals surface area (Å²) < 4.78 is 0. The molecule has 1 unspecified atom stereocenters. The fraction of sp³-hybridized carbons (Fsp3) is 0.909. The van der Waals surface area contributed by atoms with E-state index in [-0.39, 0.29) is 18.6 Å². The molecule has 0 aromatic rings. The van der Waals surface area contributed by atoms with Crippen molar-refractivity contribution in [1.29, 1.82) is 0 Å². The molecule has 0 aromatic heterocycles. The van der Waals surface area contributed by atoms with Crippen LogP contribution in [-0.2, 0) is 4.79 Å². The second kappa shape index (κ2) is 32.7. The van der Waals surface area contributed by atoms with Crippen LogP contribution in [0.5, 0.6) is 0 Å². The molecule has 0 fully saturated rings. The van der Waals surface area contributed by atoms with E-state index in [4.69, 9.17) is 5.11 Å². The number of carbonyl (C=O) groups excluding carboxylic acids is 1. The summed E-state index contributed by atoms with van der Waals surface area (Å²) in [5, 5.41) is 21.4. The molecule has 226 valence electrons. The van der Waals surface area contributed by atoms with Gasteiger partial charge in [0.15, 0.2) is 0 Å². The van der Waals surface area contributed by atoms with Crippen molar-refractivity contribution in [3.05, 3.63) is 12.2 Å². The molecule has 3 N–H and O–H groups in total. The first-order valence-electron chi connectivity index (χ1n) is 16.5. The minimum absolute atomic E-state index is 0.00732. The maximum Gasteiger partial charge on any atom is 0.220 e. The van der Waals surface area contributed by atoms with Crippen molar-refractivity contribution in [1.82, 2.24) is 5.32 Å². The molecule has 0 aliphatic carbocycles. The Hall–Kier alpha value is -0.520. The number of hydrogen-bond acceptors (Lipinski definition) is 4. The van der Waals surface area contributed by atoms with Crippen LogP contribution in [0.3, 0.4) is 0 Å². The summed E-state index contributed by atoms with van der Waals surface area (Å²) in [5.74, 6) is 1.11. The highest BCUT2D eigenvalue weighted by molar-refractivity contribution is 7.80. The molecule has 0 saturated carbocycles. The van der Waals surface area contributed by atoms with E-state index in [0.29, 0.717) is 13.0 Å². The molecule has 0 radical (unpaired) electrons. The second-order valence-corrected chi connectivity index (χ2v) is 11.7. The van der Waals surface area contributed by atoms with Gasteiger partial charge in [-0.25, -0.2) is 0 Å². The molecule has 38 heavy (non-hydrogen) atoms. The number of thiol groups is 1. The largest absolute Gasteiger partial charge is 0.396 e. The lowest BCUT2D eigenvalue weighted by atomic mass is 10.0. The highest BCUT2D eigenvalue weighted by Crippen LogP contribution is 2.14. The number of unbranched alkanes of at least 4 members (excludes halogenated alkanes) is 22. The number of aliphatic hydroxyl groups is 2. The van der Waals surface area contributed by atoms with Crippen molar-refractivity contribution in [2.45, 2.75) is 173 Å². The van der Waals surface area contributed by atoms with Crippen LogP contribution >= 0.6 is 12.6 Å². The smallest absolute Gasteiger partial charge is 0.220 e. The summed E-state index contributed by atoms with van der Waals surface area (Å²) >= 11 is 4.26. The molecule has 1 amide bonds. The number of rotatable bonds is 31. The van der Waals surface area contributed by atoms with Gasteiger partial charge >= 0.3 is 0 Å². The maximum absolute atomic E-state index is 12.2. The summed E-state index contributed by atoms with van der Waals surface area (Å²) in [6.07, 6.45) is 36.0. The van der Waals surface area contributed by atoms with E-state index < -0.39 is 0 Å². The zero-order valence-electron chi connectivity index (χ0n) is 25.0. The van der Waals surface area contributed by atoms with E-state index in [0.717, 1.165) is 37.9 Å². The first-order valence-corrected chi connectivity index (χ1v) is 17.1. The Morgan fingerprint density at radius 1 is 0.579 bits per heavy atom. The predicted molar refractivity (Wildman–Crippen MR) is 169 cm³/mol. The van der Waals surface area contributed by atoms with Crippen molar-refractivity contribution >= 4 is 18.5 Å². The van der Waals surface area contributed by atoms with Gasteiger partial charge in [-0.3, -0.25) is 4.79 Å². The predicted octanol–water partition coefficient (Wildman–Crippen LogP) is 9.08. The topological polar surface area (TPSA) is 69.6 Å². The Balaban J connectivity index is 3.47. The Morgan fingerprint density at radius 3 is 1.45 bits per heavy atom. The van der Waals surface area contributed by atoms with E-state index in [1.54, 1.807) is 0 Å². The van der Waals surface area contributed by atoms with Gasteiger partial charge < -0.3 is 15.5 Å². The summed E-state index contributed by atoms with van der Waals surface area (Å²) in [5.41, 5.74) is 0. The molecule has 0 aliphatic rings. The molecule has 0 rings (SSSR count). The van der Waals surface area contributed by atoms with E-state index in [9.17, 15) is 9.90 Å². The summed E-state index contributed by atoms with van der Waals surface area (Å²) in [6, 6.07) is -0.152. The number of amides is 1. The van der Waals surface area contributed by atoms with E-state index in [1.807, 2.05) is 0 Å². The third-order valence-corrected chi connectivity index (χ3v) is 7.83. The third-order valence-electron chi connectivity index (χ3n) is 7.51. The molecule has 0 spiro atoms. The summed E-state index contributed by atoms with van der Waals surface area (Å²) in [7, 11) is 0. The fourth-order valence-electron chi connectivity index (χ4n) is 4.99. The Morgan fingerprint density at radius 2 is 1.00 bits per heavy atom. The van der Waals surface area contributed by atoms with Crippen LogP contribution in [-0.4, -0.2) is 41.1 Å². The molecule has 0 heterocycles. The van der Waals surface area contributed by atoms with Crippen LogP contribution in [0.4, 0.5) is 0 Å². The number of aliphatic hydroxyl groups excluding tert-OH is 2. The zero-order chi connectivity index (χ0) is 27.8. The van der Waals surface area contributed by atoms with Gasteiger partial charge in [0.05, 0.1) is 12.6 Å². The molecule has 0 saturated heterocycles. The second-order valence-electron chi connectivity index (χ2n) is 11.3. The van der Waals surface area contributed by atoms with Crippen LogP contribution in [0.1, 0.15) is 167 Å². The van der Waals surface area contributed by atoms with Crippen molar-refractivity contribution in [2.75, 3.05) is 19.0 Å². The van der Waals surface area contributed by atoms with Crippen molar-refractivity contribution in [3.8, 4) is 0 Å². The van der Waals surface area contributed by atoms with Gasteiger partial charge in [-0.1, -0.05) is 134 Å². The highest BCUT2D eigenvalue weighted by Gasteiger charge is 2.09. The van der Waals surface area contributed by atoms with E-state index in [2.05, 4.69) is 30.1 Å². The first-order chi connectivity index (χ1) is 18.7. The van der Waals surface area contributed by atoms with Crippen LogP contribution in [0.25, 0.3) is 0 Å². The molecular formula is C33H65NO3S. The lowest BCUT2D eigenvalue weighted by Crippen LogP contribution is -2.36. The lowest BCUT2D eigenvalue weighted by Gasteiger charge is -2.14. The monoisotopic (exact) mass is 555 g/mol. The van der Waals surface area contributed by atoms with Crippen LogP contribution < -0.4 is 5.32 Å². The Bertz CT molecular complexity index is 501. The van der Waals surface area contributed by atoms with Gasteiger partial charge in [-0.15, -0.1) is 0 Å². The number of carbonyl (C=O) groups is 1. The normalized spacial score (nSPS) is 12.4. The third kappa shape index (κ3) is 30.0. The quantitative estimate of drug-likeness (QED) is 0.0392. The first kappa shape index (κ1) is 37.5. The number of hydrogen-bond donors (Lipinski definition) is 4. The van der Waals surface area contributed by atoms with Crippen molar-refractivity contribution in [2.24, 2.45) is 0 Å². The Kier molecular flexibility index (Phi) is 32.2. The molecule has 1 atom stereocenters.